The Labute approximate surface area is 110 Å². The normalized spacial score (nSPS) is 19.1. The van der Waals surface area contributed by atoms with E-state index < -0.39 is 0 Å². The zero-order valence-corrected chi connectivity index (χ0v) is 11.8. The highest BCUT2D eigenvalue weighted by molar-refractivity contribution is 7.80. The van der Waals surface area contributed by atoms with Crippen LogP contribution in [0.15, 0.2) is 0 Å². The van der Waals surface area contributed by atoms with Crippen molar-refractivity contribution in [1.29, 1.82) is 0 Å². The molecule has 0 aliphatic carbocycles. The topological polar surface area (TPSA) is 46.3 Å². The lowest BCUT2D eigenvalue weighted by Crippen LogP contribution is -2.44. The van der Waals surface area contributed by atoms with Gasteiger partial charge >= 0.3 is 0 Å². The summed E-state index contributed by atoms with van der Waals surface area (Å²) in [5.74, 6) is 0.677. The quantitative estimate of drug-likeness (QED) is 0.768. The van der Waals surface area contributed by atoms with E-state index in [9.17, 15) is 4.79 Å². The van der Waals surface area contributed by atoms with Crippen molar-refractivity contribution in [3.8, 4) is 0 Å². The lowest BCUT2D eigenvalue weighted by Gasteiger charge is -2.33. The first-order valence-corrected chi connectivity index (χ1v) is 7.09. The summed E-state index contributed by atoms with van der Waals surface area (Å²) in [6, 6.07) is 0. The molecule has 1 aliphatic heterocycles. The van der Waals surface area contributed by atoms with Gasteiger partial charge in [-0.15, -0.1) is 0 Å². The van der Waals surface area contributed by atoms with Crippen molar-refractivity contribution in [2.45, 2.75) is 46.0 Å². The van der Waals surface area contributed by atoms with Crippen molar-refractivity contribution in [2.24, 2.45) is 17.6 Å². The van der Waals surface area contributed by atoms with E-state index in [1.165, 1.54) is 12.8 Å². The van der Waals surface area contributed by atoms with Gasteiger partial charge in [0, 0.05) is 13.1 Å². The molecule has 1 saturated heterocycles. The second kappa shape index (κ2) is 6.94. The molecular formula is C13H24N2OS. The van der Waals surface area contributed by atoms with Gasteiger partial charge in [-0.3, -0.25) is 4.79 Å². The molecule has 0 bridgehead atoms. The second-order valence-corrected chi connectivity index (χ2v) is 5.39. The highest BCUT2D eigenvalue weighted by Gasteiger charge is 2.28. The molecule has 0 aromatic rings. The van der Waals surface area contributed by atoms with Gasteiger partial charge in [-0.2, -0.15) is 0 Å². The summed E-state index contributed by atoms with van der Waals surface area (Å²) >= 11 is 4.96. The van der Waals surface area contributed by atoms with Gasteiger partial charge in [0.15, 0.2) is 0 Å². The van der Waals surface area contributed by atoms with Crippen LogP contribution < -0.4 is 5.73 Å². The lowest BCUT2D eigenvalue weighted by molar-refractivity contribution is -0.134. The van der Waals surface area contributed by atoms with Crippen LogP contribution in [0.3, 0.4) is 0 Å². The number of piperidine rings is 1. The van der Waals surface area contributed by atoms with Gasteiger partial charge in [-0.05, 0) is 25.2 Å². The fourth-order valence-electron chi connectivity index (χ4n) is 2.57. The van der Waals surface area contributed by atoms with Gasteiger partial charge < -0.3 is 10.6 Å². The Hall–Kier alpha value is -0.640. The first-order chi connectivity index (χ1) is 8.10. The number of nitrogens with two attached hydrogens (primary N) is 1. The number of hydrogen-bond donors (Lipinski definition) is 1. The van der Waals surface area contributed by atoms with E-state index in [0.29, 0.717) is 11.4 Å². The van der Waals surface area contributed by atoms with Crippen LogP contribution in [0, 0.1) is 11.8 Å². The molecule has 0 radical (unpaired) electrons. The SMILES string of the molecule is CCCC1CCN(C(=O)C(CC)C(N)=S)CC1. The van der Waals surface area contributed by atoms with Crippen molar-refractivity contribution in [1.82, 2.24) is 4.90 Å². The van der Waals surface area contributed by atoms with Crippen molar-refractivity contribution >= 4 is 23.1 Å². The average Bonchev–Trinajstić information content (AvgIpc) is 2.30. The molecule has 0 aromatic heterocycles. The summed E-state index contributed by atoms with van der Waals surface area (Å²) in [6.45, 7) is 5.94. The molecule has 1 fully saturated rings. The van der Waals surface area contributed by atoms with E-state index in [1.807, 2.05) is 11.8 Å². The lowest BCUT2D eigenvalue weighted by atomic mass is 9.91. The van der Waals surface area contributed by atoms with Crippen LogP contribution in [0.25, 0.3) is 0 Å². The minimum Gasteiger partial charge on any atom is -0.393 e. The number of hydrogen-bond acceptors (Lipinski definition) is 2. The Balaban J connectivity index is 2.47. The zero-order valence-electron chi connectivity index (χ0n) is 10.9. The van der Waals surface area contributed by atoms with E-state index in [-0.39, 0.29) is 11.8 Å². The minimum atomic E-state index is -0.257. The highest BCUT2D eigenvalue weighted by Crippen LogP contribution is 2.23. The average molecular weight is 256 g/mol. The van der Waals surface area contributed by atoms with Crippen LogP contribution in [0.1, 0.15) is 46.0 Å². The first kappa shape index (κ1) is 14.4. The summed E-state index contributed by atoms with van der Waals surface area (Å²) in [5.41, 5.74) is 5.61. The number of thiocarbonyl (C=S) groups is 1. The van der Waals surface area contributed by atoms with E-state index in [4.69, 9.17) is 18.0 Å². The molecule has 1 unspecified atom stereocenters. The maximum Gasteiger partial charge on any atom is 0.232 e. The predicted molar refractivity (Wildman–Crippen MR) is 74.8 cm³/mol. The Morgan fingerprint density at radius 1 is 1.41 bits per heavy atom. The molecule has 2 N–H and O–H groups in total. The van der Waals surface area contributed by atoms with Crippen molar-refractivity contribution in [2.75, 3.05) is 13.1 Å². The molecule has 1 heterocycles. The largest absolute Gasteiger partial charge is 0.393 e. The van der Waals surface area contributed by atoms with E-state index in [2.05, 4.69) is 6.92 Å². The zero-order chi connectivity index (χ0) is 12.8. The summed E-state index contributed by atoms with van der Waals surface area (Å²) in [5, 5.41) is 0. The van der Waals surface area contributed by atoms with Gasteiger partial charge in [-0.25, -0.2) is 0 Å². The fraction of sp³-hybridized carbons (Fsp3) is 0.846. The van der Waals surface area contributed by atoms with Gasteiger partial charge in [0.2, 0.25) is 5.91 Å². The molecule has 1 amide bonds. The number of carbonyl (C=O) groups is 1. The molecule has 4 heteroatoms. The first-order valence-electron chi connectivity index (χ1n) is 6.68. The maximum atomic E-state index is 12.2. The molecule has 0 spiro atoms. The Kier molecular flexibility index (Phi) is 5.89. The van der Waals surface area contributed by atoms with Crippen LogP contribution in [0.5, 0.6) is 0 Å². The number of likely N-dealkylation sites (tertiary alicyclic amines) is 1. The summed E-state index contributed by atoms with van der Waals surface area (Å²) in [7, 11) is 0. The maximum absolute atomic E-state index is 12.2. The third kappa shape index (κ3) is 3.95. The van der Waals surface area contributed by atoms with Crippen LogP contribution in [-0.4, -0.2) is 28.9 Å². The second-order valence-electron chi connectivity index (χ2n) is 4.92. The molecule has 17 heavy (non-hydrogen) atoms. The summed E-state index contributed by atoms with van der Waals surface area (Å²) < 4.78 is 0. The van der Waals surface area contributed by atoms with Crippen LogP contribution in [-0.2, 0) is 4.79 Å². The van der Waals surface area contributed by atoms with Gasteiger partial charge in [0.25, 0.3) is 0 Å². The summed E-state index contributed by atoms with van der Waals surface area (Å²) in [4.78, 5) is 14.5. The Morgan fingerprint density at radius 2 is 2.00 bits per heavy atom. The Bertz CT molecular complexity index is 273. The van der Waals surface area contributed by atoms with Crippen molar-refractivity contribution in [3.05, 3.63) is 0 Å². The molecule has 3 nitrogen and oxygen atoms in total. The van der Waals surface area contributed by atoms with Crippen LogP contribution in [0.4, 0.5) is 0 Å². The third-order valence-corrected chi connectivity index (χ3v) is 3.96. The molecule has 1 aliphatic rings. The minimum absolute atomic E-state index is 0.134. The van der Waals surface area contributed by atoms with E-state index >= 15 is 0 Å². The molecule has 1 rings (SSSR count). The standard InChI is InChI=1S/C13H24N2OS/c1-3-5-10-6-8-15(9-7-10)13(16)11(4-2)12(14)17/h10-11H,3-9H2,1-2H3,(H2,14,17). The smallest absolute Gasteiger partial charge is 0.232 e. The molecule has 0 aromatic carbocycles. The number of nitrogens with zero attached hydrogens (tertiary/aromatic N) is 1. The molecule has 98 valence electrons. The number of amides is 1. The van der Waals surface area contributed by atoms with Gasteiger partial charge in [-0.1, -0.05) is 38.9 Å². The number of rotatable bonds is 5. The van der Waals surface area contributed by atoms with Gasteiger partial charge in [0.1, 0.15) is 0 Å². The Morgan fingerprint density at radius 3 is 2.41 bits per heavy atom. The molecular weight excluding hydrogens is 232 g/mol. The number of carbonyl (C=O) groups excluding carboxylic acids is 1. The highest BCUT2D eigenvalue weighted by atomic mass is 32.1. The molecule has 1 atom stereocenters. The van der Waals surface area contributed by atoms with E-state index in [0.717, 1.165) is 31.8 Å². The fourth-order valence-corrected chi connectivity index (χ4v) is 2.84. The van der Waals surface area contributed by atoms with Crippen molar-refractivity contribution in [3.63, 3.8) is 0 Å². The van der Waals surface area contributed by atoms with Crippen LogP contribution >= 0.6 is 12.2 Å². The van der Waals surface area contributed by atoms with E-state index in [1.54, 1.807) is 0 Å². The van der Waals surface area contributed by atoms with Crippen LogP contribution in [0.2, 0.25) is 0 Å². The van der Waals surface area contributed by atoms with Gasteiger partial charge in [0.05, 0.1) is 10.9 Å². The third-order valence-electron chi connectivity index (χ3n) is 3.67. The molecule has 0 saturated carbocycles. The summed E-state index contributed by atoms with van der Waals surface area (Å²) in [6.07, 6.45) is 5.50. The van der Waals surface area contributed by atoms with Crippen molar-refractivity contribution < 1.29 is 4.79 Å². The predicted octanol–water partition coefficient (Wildman–Crippen LogP) is 2.34. The monoisotopic (exact) mass is 256 g/mol.